The summed E-state index contributed by atoms with van der Waals surface area (Å²) < 4.78 is 42.8. The summed E-state index contributed by atoms with van der Waals surface area (Å²) in [6.07, 6.45) is -2.29. The second-order valence-electron chi connectivity index (χ2n) is 7.14. The molecule has 1 saturated carbocycles. The third-order valence-corrected chi connectivity index (χ3v) is 5.10. The van der Waals surface area contributed by atoms with Crippen LogP contribution in [0, 0.1) is 10.8 Å². The fourth-order valence-electron chi connectivity index (χ4n) is 3.01. The predicted octanol–water partition coefficient (Wildman–Crippen LogP) is 3.05. The highest BCUT2D eigenvalue weighted by Gasteiger charge is 2.40. The molecule has 1 unspecified atom stereocenters. The van der Waals surface area contributed by atoms with Crippen molar-refractivity contribution < 1.29 is 22.7 Å². The quantitative estimate of drug-likeness (QED) is 0.399. The van der Waals surface area contributed by atoms with Crippen molar-refractivity contribution >= 4 is 17.3 Å². The van der Waals surface area contributed by atoms with Crippen molar-refractivity contribution in [3.63, 3.8) is 0 Å². The van der Waals surface area contributed by atoms with Crippen molar-refractivity contribution in [3.05, 3.63) is 29.3 Å². The number of amidine groups is 1. The monoisotopic (exact) mass is 397 g/mol. The van der Waals surface area contributed by atoms with Crippen LogP contribution >= 0.6 is 0 Å². The van der Waals surface area contributed by atoms with Gasteiger partial charge in [0.2, 0.25) is 5.78 Å². The maximum absolute atomic E-state index is 12.9. The molecule has 28 heavy (non-hydrogen) atoms. The fourth-order valence-corrected chi connectivity index (χ4v) is 3.01. The number of hydrogen-bond acceptors (Lipinski definition) is 7. The lowest BCUT2D eigenvalue weighted by Gasteiger charge is -2.27. The first-order valence-corrected chi connectivity index (χ1v) is 8.97. The summed E-state index contributed by atoms with van der Waals surface area (Å²) in [4.78, 5) is 12.9. The molecule has 0 bridgehead atoms. The summed E-state index contributed by atoms with van der Waals surface area (Å²) in [7, 11) is 0. The molecule has 0 radical (unpaired) electrons. The highest BCUT2D eigenvalue weighted by Crippen LogP contribution is 2.45. The Morgan fingerprint density at radius 3 is 2.61 bits per heavy atom. The number of hydrogen-bond donors (Lipinski definition) is 4. The van der Waals surface area contributed by atoms with Crippen molar-refractivity contribution in [3.8, 4) is 5.75 Å². The number of Topliss-reactive ketones (excluding diaryl/α,β-unsaturated/α-hetero) is 1. The van der Waals surface area contributed by atoms with Gasteiger partial charge < -0.3 is 10.1 Å². The molecule has 1 aromatic carbocycles. The van der Waals surface area contributed by atoms with Crippen LogP contribution in [-0.2, 0) is 0 Å². The number of halogens is 3. The fraction of sp³-hybridized carbons (Fsp3) is 0.500. The highest BCUT2D eigenvalue weighted by atomic mass is 19.4. The zero-order chi connectivity index (χ0) is 20.5. The smallest absolute Gasteiger partial charge is 0.422 e. The molecule has 1 fully saturated rings. The van der Waals surface area contributed by atoms with Gasteiger partial charge in [-0.3, -0.25) is 10.2 Å². The molecule has 1 aromatic rings. The number of ketones is 1. The van der Waals surface area contributed by atoms with Gasteiger partial charge >= 0.3 is 6.18 Å². The molecule has 1 atom stereocenters. The Kier molecular flexibility index (Phi) is 5.33. The van der Waals surface area contributed by atoms with Gasteiger partial charge in [-0.15, -0.1) is 10.6 Å². The molecule has 2 aliphatic rings. The maximum Gasteiger partial charge on any atom is 0.422 e. The van der Waals surface area contributed by atoms with Gasteiger partial charge in [0.25, 0.3) is 0 Å². The van der Waals surface area contributed by atoms with E-state index in [2.05, 4.69) is 21.6 Å². The molecule has 7 nitrogen and oxygen atoms in total. The first-order valence-electron chi connectivity index (χ1n) is 8.97. The van der Waals surface area contributed by atoms with E-state index in [9.17, 15) is 18.0 Å². The van der Waals surface area contributed by atoms with Crippen molar-refractivity contribution in [1.29, 1.82) is 5.41 Å². The Morgan fingerprint density at radius 2 is 2.07 bits per heavy atom. The van der Waals surface area contributed by atoms with Crippen LogP contribution in [0.25, 0.3) is 0 Å². The van der Waals surface area contributed by atoms with Crippen molar-refractivity contribution in [2.45, 2.75) is 45.2 Å². The number of nitrogens with one attached hydrogen (secondary N) is 4. The Morgan fingerprint density at radius 1 is 1.36 bits per heavy atom. The van der Waals surface area contributed by atoms with E-state index in [0.717, 1.165) is 12.8 Å². The van der Waals surface area contributed by atoms with Crippen LogP contribution in [0.3, 0.4) is 0 Å². The molecule has 0 saturated heterocycles. The zero-order valence-electron chi connectivity index (χ0n) is 15.5. The van der Waals surface area contributed by atoms with E-state index in [0.29, 0.717) is 17.8 Å². The lowest BCUT2D eigenvalue weighted by molar-refractivity contribution is -0.153. The zero-order valence-corrected chi connectivity index (χ0v) is 15.5. The van der Waals surface area contributed by atoms with Crippen LogP contribution in [0.4, 0.5) is 13.2 Å². The van der Waals surface area contributed by atoms with Crippen LogP contribution in [0.5, 0.6) is 5.75 Å². The van der Waals surface area contributed by atoms with Crippen LogP contribution in [0.1, 0.15) is 54.9 Å². The van der Waals surface area contributed by atoms with Gasteiger partial charge in [-0.2, -0.15) is 13.2 Å². The first-order chi connectivity index (χ1) is 13.2. The number of alkyl halides is 3. The Balaban J connectivity index is 1.87. The molecule has 0 spiro atoms. The molecule has 0 amide bonds. The average molecular weight is 397 g/mol. The van der Waals surface area contributed by atoms with E-state index >= 15 is 0 Å². The minimum absolute atomic E-state index is 0.0522. The molecule has 1 heterocycles. The third-order valence-electron chi connectivity index (χ3n) is 5.10. The van der Waals surface area contributed by atoms with E-state index < -0.39 is 24.0 Å². The summed E-state index contributed by atoms with van der Waals surface area (Å²) in [6.45, 7) is 2.10. The van der Waals surface area contributed by atoms with Gasteiger partial charge in [0.1, 0.15) is 5.75 Å². The Labute approximate surface area is 160 Å². The predicted molar refractivity (Wildman–Crippen MR) is 97.3 cm³/mol. The Hall–Kier alpha value is -2.62. The van der Waals surface area contributed by atoms with E-state index in [1.54, 1.807) is 19.1 Å². The second kappa shape index (κ2) is 7.42. The summed E-state index contributed by atoms with van der Waals surface area (Å²) in [5.41, 5.74) is 7.42. The molecule has 152 valence electrons. The lowest BCUT2D eigenvalue weighted by Crippen LogP contribution is -2.48. The molecule has 1 aliphatic carbocycles. The molecular weight excluding hydrogens is 375 g/mol. The van der Waals surface area contributed by atoms with Crippen molar-refractivity contribution in [2.24, 2.45) is 10.5 Å². The number of carbonyl (C=O) groups excluding carboxylic acids is 1. The average Bonchev–Trinajstić information content (AvgIpc) is 3.36. The van der Waals surface area contributed by atoms with Gasteiger partial charge in [0, 0.05) is 5.56 Å². The molecule has 10 heteroatoms. The second-order valence-corrected chi connectivity index (χ2v) is 7.14. The van der Waals surface area contributed by atoms with Crippen molar-refractivity contribution in [2.75, 3.05) is 6.61 Å². The minimum atomic E-state index is -4.47. The maximum atomic E-state index is 12.9. The van der Waals surface area contributed by atoms with E-state index in [1.165, 1.54) is 6.07 Å². The normalized spacial score (nSPS) is 18.5. The van der Waals surface area contributed by atoms with Gasteiger partial charge in [0.05, 0.1) is 11.1 Å². The summed E-state index contributed by atoms with van der Waals surface area (Å²) >= 11 is 0. The van der Waals surface area contributed by atoms with E-state index in [4.69, 9.17) is 10.1 Å². The number of benzene rings is 1. The number of nitrogens with zero attached hydrogens (tertiary/aromatic N) is 1. The molecular formula is C18H22F3N5O2. The van der Waals surface area contributed by atoms with E-state index in [1.807, 2.05) is 6.92 Å². The highest BCUT2D eigenvalue weighted by molar-refractivity contribution is 6.49. The minimum Gasteiger partial charge on any atom is -0.484 e. The Bertz CT molecular complexity index is 820. The molecule has 3 rings (SSSR count). The van der Waals surface area contributed by atoms with Crippen LogP contribution in [-0.4, -0.2) is 30.1 Å². The number of carbonyl (C=O) groups is 1. The number of rotatable bonds is 8. The largest absolute Gasteiger partial charge is 0.484 e. The van der Waals surface area contributed by atoms with Gasteiger partial charge in [-0.1, -0.05) is 19.1 Å². The van der Waals surface area contributed by atoms with Gasteiger partial charge in [0.15, 0.2) is 12.4 Å². The van der Waals surface area contributed by atoms with Crippen LogP contribution in [0.2, 0.25) is 0 Å². The summed E-state index contributed by atoms with van der Waals surface area (Å²) in [5, 5.41) is 12.4. The van der Waals surface area contributed by atoms with Gasteiger partial charge in [-0.05, 0) is 43.7 Å². The first kappa shape index (κ1) is 20.1. The number of ether oxygens (including phenoxy) is 1. The van der Waals surface area contributed by atoms with Crippen molar-refractivity contribution in [1.82, 2.24) is 16.5 Å². The van der Waals surface area contributed by atoms with Crippen LogP contribution < -0.4 is 21.2 Å². The van der Waals surface area contributed by atoms with Gasteiger partial charge in [-0.25, -0.2) is 5.53 Å². The molecule has 1 aliphatic heterocycles. The topological polar surface area (TPSA) is 98.6 Å². The SMILES string of the molecule is CCC(C)(C(=N)C(=O)c1ccc(C2CC2)c(OCC(F)(F)F)c1)C1=NNNN1. The standard InChI is InChI=1S/C18H22F3N5O2/c1-3-17(2,16-23-25-26-24-16)15(22)14(27)11-6-7-12(10-4-5-10)13(8-11)28-9-18(19,20)21/h6-8,10,22,25-26H,3-5,9H2,1-2H3,(H,23,24). The summed E-state index contributed by atoms with van der Waals surface area (Å²) in [6, 6.07) is 4.48. The van der Waals surface area contributed by atoms with E-state index in [-0.39, 0.29) is 22.9 Å². The number of hydrazine groups is 2. The lowest BCUT2D eigenvalue weighted by atomic mass is 9.78. The number of hydrazone groups is 1. The molecule has 4 N–H and O–H groups in total. The third kappa shape index (κ3) is 4.11. The van der Waals surface area contributed by atoms with Crippen LogP contribution in [0.15, 0.2) is 23.3 Å². The summed E-state index contributed by atoms with van der Waals surface area (Å²) in [5.74, 6) is 0.00901. The molecule has 0 aromatic heterocycles.